The molecule has 0 saturated carbocycles. The molecule has 1 unspecified atom stereocenters. The number of ether oxygens (including phenoxy) is 2. The van der Waals surface area contributed by atoms with Crippen molar-refractivity contribution in [1.29, 1.82) is 0 Å². The third kappa shape index (κ3) is 4.59. The van der Waals surface area contributed by atoms with Crippen LogP contribution in [0.4, 0.5) is 4.79 Å². The number of carbonyl (C=O) groups excluding carboxylic acids is 1. The summed E-state index contributed by atoms with van der Waals surface area (Å²) in [6.07, 6.45) is 4.20. The molecule has 0 bridgehead atoms. The van der Waals surface area contributed by atoms with E-state index in [2.05, 4.69) is 12.2 Å². The maximum Gasteiger partial charge on any atom is 0.317 e. The van der Waals surface area contributed by atoms with Crippen molar-refractivity contribution in [3.05, 3.63) is 28.8 Å². The summed E-state index contributed by atoms with van der Waals surface area (Å²) in [5.74, 6) is 0.702. The summed E-state index contributed by atoms with van der Waals surface area (Å²) in [4.78, 5) is 14.3. The molecule has 2 aliphatic heterocycles. The lowest BCUT2D eigenvalue weighted by molar-refractivity contribution is 0.152. The van der Waals surface area contributed by atoms with Gasteiger partial charge in [-0.25, -0.2) is 4.79 Å². The van der Waals surface area contributed by atoms with E-state index in [0.29, 0.717) is 23.9 Å². The Labute approximate surface area is 154 Å². The Balaban J connectivity index is 1.48. The summed E-state index contributed by atoms with van der Waals surface area (Å²) in [5, 5.41) is 3.58. The standard InChI is InChI=1S/C19H27ClN2O3/c1-2-3-9-25-17-5-4-15(11-16(17)20)12-21-18(23)22-8-6-19(13-22)7-10-24-14-19/h4-5,11H,2-3,6-10,12-14H2,1H3,(H,21,23). The molecule has 1 atom stereocenters. The molecule has 1 spiro atoms. The third-order valence-corrected chi connectivity index (χ3v) is 5.40. The van der Waals surface area contributed by atoms with Crippen LogP contribution < -0.4 is 10.1 Å². The molecule has 1 aromatic rings. The van der Waals surface area contributed by atoms with Crippen molar-refractivity contribution >= 4 is 17.6 Å². The average molecular weight is 367 g/mol. The van der Waals surface area contributed by atoms with Gasteiger partial charge in [0.15, 0.2) is 0 Å². The van der Waals surface area contributed by atoms with E-state index >= 15 is 0 Å². The van der Waals surface area contributed by atoms with Gasteiger partial charge < -0.3 is 19.7 Å². The molecule has 0 radical (unpaired) electrons. The number of rotatable bonds is 6. The van der Waals surface area contributed by atoms with E-state index in [-0.39, 0.29) is 11.4 Å². The molecule has 2 aliphatic rings. The van der Waals surface area contributed by atoms with E-state index in [1.165, 1.54) is 0 Å². The molecular weight excluding hydrogens is 340 g/mol. The van der Waals surface area contributed by atoms with Crippen LogP contribution in [-0.4, -0.2) is 43.8 Å². The summed E-state index contributed by atoms with van der Waals surface area (Å²) in [6, 6.07) is 5.67. The minimum absolute atomic E-state index is 0.0110. The first-order valence-corrected chi connectivity index (χ1v) is 9.51. The Morgan fingerprint density at radius 3 is 3.04 bits per heavy atom. The van der Waals surface area contributed by atoms with E-state index in [1.807, 2.05) is 23.1 Å². The van der Waals surface area contributed by atoms with Gasteiger partial charge >= 0.3 is 6.03 Å². The van der Waals surface area contributed by atoms with Gasteiger partial charge in [-0.05, 0) is 37.0 Å². The van der Waals surface area contributed by atoms with E-state index in [1.54, 1.807) is 0 Å². The second-order valence-corrected chi connectivity index (χ2v) is 7.51. The first-order chi connectivity index (χ1) is 12.1. The fourth-order valence-electron chi connectivity index (χ4n) is 3.47. The Morgan fingerprint density at radius 1 is 1.44 bits per heavy atom. The van der Waals surface area contributed by atoms with Crippen molar-refractivity contribution in [3.8, 4) is 5.75 Å². The lowest BCUT2D eigenvalue weighted by Crippen LogP contribution is -2.39. The normalized spacial score (nSPS) is 22.6. The van der Waals surface area contributed by atoms with Gasteiger partial charge in [-0.3, -0.25) is 0 Å². The Bertz CT molecular complexity index is 602. The monoisotopic (exact) mass is 366 g/mol. The molecule has 0 aliphatic carbocycles. The molecule has 2 amide bonds. The molecule has 5 nitrogen and oxygen atoms in total. The van der Waals surface area contributed by atoms with Crippen LogP contribution in [0.2, 0.25) is 5.02 Å². The Morgan fingerprint density at radius 2 is 2.32 bits per heavy atom. The molecule has 0 aromatic heterocycles. The largest absolute Gasteiger partial charge is 0.492 e. The molecule has 6 heteroatoms. The number of carbonyl (C=O) groups is 1. The van der Waals surface area contributed by atoms with Gasteiger partial charge in [0.1, 0.15) is 5.75 Å². The minimum Gasteiger partial charge on any atom is -0.492 e. The zero-order valence-electron chi connectivity index (χ0n) is 14.9. The van der Waals surface area contributed by atoms with Gasteiger partial charge in [0.05, 0.1) is 18.2 Å². The number of nitrogens with one attached hydrogen (secondary N) is 1. The molecule has 138 valence electrons. The topological polar surface area (TPSA) is 50.8 Å². The SMILES string of the molecule is CCCCOc1ccc(CNC(=O)N2CCC3(CCOC3)C2)cc1Cl. The smallest absolute Gasteiger partial charge is 0.317 e. The number of likely N-dealkylation sites (tertiary alicyclic amines) is 1. The van der Waals surface area contributed by atoms with Crippen LogP contribution >= 0.6 is 11.6 Å². The number of nitrogens with zero attached hydrogens (tertiary/aromatic N) is 1. The quantitative estimate of drug-likeness (QED) is 0.778. The summed E-state index contributed by atoms with van der Waals surface area (Å²) in [7, 11) is 0. The minimum atomic E-state index is -0.0110. The summed E-state index contributed by atoms with van der Waals surface area (Å²) in [6.45, 7) is 6.47. The average Bonchev–Trinajstić information content (AvgIpc) is 3.25. The van der Waals surface area contributed by atoms with Gasteiger partial charge in [0.25, 0.3) is 0 Å². The number of benzene rings is 1. The van der Waals surface area contributed by atoms with Gasteiger partial charge in [0, 0.05) is 31.7 Å². The predicted molar refractivity (Wildman–Crippen MR) is 98.1 cm³/mol. The molecular formula is C19H27ClN2O3. The van der Waals surface area contributed by atoms with E-state index in [9.17, 15) is 4.79 Å². The van der Waals surface area contributed by atoms with E-state index in [4.69, 9.17) is 21.1 Å². The first-order valence-electron chi connectivity index (χ1n) is 9.14. The van der Waals surface area contributed by atoms with Crippen molar-refractivity contribution in [2.75, 3.05) is 32.9 Å². The highest BCUT2D eigenvalue weighted by Crippen LogP contribution is 2.38. The zero-order chi connectivity index (χ0) is 17.7. The van der Waals surface area contributed by atoms with Crippen LogP contribution in [0.1, 0.15) is 38.2 Å². The van der Waals surface area contributed by atoms with Crippen LogP contribution in [0.15, 0.2) is 18.2 Å². The van der Waals surface area contributed by atoms with Crippen LogP contribution in [0, 0.1) is 5.41 Å². The van der Waals surface area contributed by atoms with Crippen LogP contribution in [0.25, 0.3) is 0 Å². The molecule has 2 saturated heterocycles. The first kappa shape index (κ1) is 18.3. The highest BCUT2D eigenvalue weighted by Gasteiger charge is 2.42. The van der Waals surface area contributed by atoms with E-state index in [0.717, 1.165) is 57.6 Å². The maximum atomic E-state index is 12.4. The number of halogens is 1. The summed E-state index contributed by atoms with van der Waals surface area (Å²) >= 11 is 6.27. The fourth-order valence-corrected chi connectivity index (χ4v) is 3.72. The highest BCUT2D eigenvalue weighted by molar-refractivity contribution is 6.32. The number of amides is 2. The number of hydrogen-bond acceptors (Lipinski definition) is 3. The lowest BCUT2D eigenvalue weighted by atomic mass is 9.87. The van der Waals surface area contributed by atoms with Crippen LogP contribution in [0.5, 0.6) is 5.75 Å². The predicted octanol–water partition coefficient (Wildman–Crippen LogP) is 3.84. The van der Waals surface area contributed by atoms with Crippen molar-refractivity contribution in [2.45, 2.75) is 39.2 Å². The Hall–Kier alpha value is -1.46. The molecule has 1 N–H and O–H groups in total. The van der Waals surface area contributed by atoms with Crippen molar-refractivity contribution in [2.24, 2.45) is 5.41 Å². The molecule has 25 heavy (non-hydrogen) atoms. The van der Waals surface area contributed by atoms with Crippen LogP contribution in [-0.2, 0) is 11.3 Å². The molecule has 3 rings (SSSR count). The van der Waals surface area contributed by atoms with Gasteiger partial charge in [0.2, 0.25) is 0 Å². The summed E-state index contributed by atoms with van der Waals surface area (Å²) < 4.78 is 11.2. The third-order valence-electron chi connectivity index (χ3n) is 5.11. The molecule has 2 heterocycles. The molecule has 2 fully saturated rings. The lowest BCUT2D eigenvalue weighted by Gasteiger charge is -2.22. The van der Waals surface area contributed by atoms with Crippen molar-refractivity contribution in [1.82, 2.24) is 10.2 Å². The van der Waals surface area contributed by atoms with Crippen molar-refractivity contribution in [3.63, 3.8) is 0 Å². The van der Waals surface area contributed by atoms with Gasteiger partial charge in [-0.15, -0.1) is 0 Å². The summed E-state index contributed by atoms with van der Waals surface area (Å²) in [5.41, 5.74) is 1.16. The maximum absolute atomic E-state index is 12.4. The second kappa shape index (κ2) is 8.28. The van der Waals surface area contributed by atoms with Gasteiger partial charge in [-0.1, -0.05) is 31.0 Å². The van der Waals surface area contributed by atoms with Crippen molar-refractivity contribution < 1.29 is 14.3 Å². The Kier molecular flexibility index (Phi) is 6.07. The zero-order valence-corrected chi connectivity index (χ0v) is 15.6. The fraction of sp³-hybridized carbons (Fsp3) is 0.632. The van der Waals surface area contributed by atoms with Crippen LogP contribution in [0.3, 0.4) is 0 Å². The number of urea groups is 1. The second-order valence-electron chi connectivity index (χ2n) is 7.10. The number of unbranched alkanes of at least 4 members (excludes halogenated alkanes) is 1. The number of hydrogen-bond donors (Lipinski definition) is 1. The van der Waals surface area contributed by atoms with Gasteiger partial charge in [-0.2, -0.15) is 0 Å². The van der Waals surface area contributed by atoms with E-state index < -0.39 is 0 Å². The molecule has 1 aromatic carbocycles. The highest BCUT2D eigenvalue weighted by atomic mass is 35.5.